The average molecular weight is 753 g/mol. The summed E-state index contributed by atoms with van der Waals surface area (Å²) >= 11 is 0. The fourth-order valence-electron chi connectivity index (χ4n) is 6.10. The van der Waals surface area contributed by atoms with Gasteiger partial charge in [-0.05, 0) is 79.8 Å². The highest BCUT2D eigenvalue weighted by Crippen LogP contribution is 2.18. The second kappa shape index (κ2) is 30.6. The average Bonchev–Trinajstić information content (AvgIpc) is 3.15. The predicted octanol–water partition coefficient (Wildman–Crippen LogP) is 12.5. The number of hydrogen-bond acceptors (Lipinski definition) is 7. The summed E-state index contributed by atoms with van der Waals surface area (Å²) < 4.78 is 16.1. The number of carbonyl (C=O) groups excluding carboxylic acids is 3. The lowest BCUT2D eigenvalue weighted by atomic mass is 9.97. The van der Waals surface area contributed by atoms with Gasteiger partial charge in [0.25, 0.3) is 0 Å². The number of rotatable bonds is 28. The normalized spacial score (nSPS) is 11.5. The summed E-state index contributed by atoms with van der Waals surface area (Å²) in [5, 5.41) is 8.95. The first-order valence-corrected chi connectivity index (χ1v) is 20.9. The van der Waals surface area contributed by atoms with Gasteiger partial charge in [0.05, 0.1) is 42.1 Å². The van der Waals surface area contributed by atoms with E-state index < -0.39 is 11.9 Å². The van der Waals surface area contributed by atoms with Crippen molar-refractivity contribution in [2.24, 2.45) is 17.8 Å². The standard InChI is InChI=1S/C28H46O4.C18H26O4/c1-23(2)16-11-7-5-9-13-20-31-27(29)25-18-15-19-26(22-25)28(30)32-21-14-10-6-8-12-17-24(3)4;1-3-5-6-9-14(8-4-2)13-22-18(21)16-11-7-10-15(12-16)17(19)20/h15,18-19,22-24H,5-14,16-17,20-21H2,1-4H3;7,10-12,14H,3-6,8-9,13H2,1-2H3,(H,19,20). The first kappa shape index (κ1) is 48.3. The number of esters is 3. The van der Waals surface area contributed by atoms with Crippen molar-refractivity contribution >= 4 is 23.9 Å². The van der Waals surface area contributed by atoms with Gasteiger partial charge in [-0.25, -0.2) is 19.2 Å². The van der Waals surface area contributed by atoms with Gasteiger partial charge in [-0.15, -0.1) is 0 Å². The molecule has 0 heterocycles. The molecule has 0 aliphatic carbocycles. The molecule has 0 spiro atoms. The Labute approximate surface area is 327 Å². The summed E-state index contributed by atoms with van der Waals surface area (Å²) in [6.07, 6.45) is 20.6. The minimum Gasteiger partial charge on any atom is -0.478 e. The lowest BCUT2D eigenvalue weighted by molar-refractivity contribution is 0.0421. The van der Waals surface area contributed by atoms with Gasteiger partial charge in [-0.1, -0.05) is 144 Å². The van der Waals surface area contributed by atoms with E-state index in [2.05, 4.69) is 41.5 Å². The van der Waals surface area contributed by atoms with E-state index in [9.17, 15) is 19.2 Å². The number of ether oxygens (including phenoxy) is 3. The molecule has 8 heteroatoms. The fourth-order valence-corrected chi connectivity index (χ4v) is 6.10. The molecule has 1 N–H and O–H groups in total. The zero-order valence-corrected chi connectivity index (χ0v) is 34.5. The molecule has 0 saturated carbocycles. The largest absolute Gasteiger partial charge is 0.478 e. The lowest BCUT2D eigenvalue weighted by Gasteiger charge is -2.16. The minimum absolute atomic E-state index is 0.0995. The van der Waals surface area contributed by atoms with Crippen LogP contribution >= 0.6 is 0 Å². The monoisotopic (exact) mass is 753 g/mol. The molecule has 1 unspecified atom stereocenters. The van der Waals surface area contributed by atoms with Crippen molar-refractivity contribution in [1.82, 2.24) is 0 Å². The number of carboxylic acid groups (broad SMARTS) is 1. The third-order valence-corrected chi connectivity index (χ3v) is 9.36. The van der Waals surface area contributed by atoms with Crippen molar-refractivity contribution in [1.29, 1.82) is 0 Å². The van der Waals surface area contributed by atoms with Gasteiger partial charge in [0.1, 0.15) is 0 Å². The molecular weight excluding hydrogens is 680 g/mol. The number of aromatic carboxylic acids is 1. The van der Waals surface area contributed by atoms with Gasteiger partial charge in [0.15, 0.2) is 0 Å². The summed E-state index contributed by atoms with van der Waals surface area (Å²) in [6, 6.07) is 12.6. The van der Waals surface area contributed by atoms with Crippen LogP contribution in [0, 0.1) is 17.8 Å². The number of carbonyl (C=O) groups is 4. The summed E-state index contributed by atoms with van der Waals surface area (Å²) in [4.78, 5) is 47.5. The van der Waals surface area contributed by atoms with Crippen LogP contribution in [0.25, 0.3) is 0 Å². The van der Waals surface area contributed by atoms with Crippen molar-refractivity contribution in [3.05, 3.63) is 70.8 Å². The zero-order valence-electron chi connectivity index (χ0n) is 34.5. The molecule has 304 valence electrons. The van der Waals surface area contributed by atoms with Gasteiger partial charge in [0.2, 0.25) is 0 Å². The third kappa shape index (κ3) is 23.9. The van der Waals surface area contributed by atoms with Gasteiger partial charge in [-0.2, -0.15) is 0 Å². The van der Waals surface area contributed by atoms with Crippen LogP contribution in [0.5, 0.6) is 0 Å². The molecule has 0 amide bonds. The molecular formula is C46H72O8. The summed E-state index contributed by atoms with van der Waals surface area (Å²) in [5.74, 6) is -0.301. The third-order valence-electron chi connectivity index (χ3n) is 9.36. The molecule has 2 rings (SSSR count). The van der Waals surface area contributed by atoms with Crippen molar-refractivity contribution in [3.8, 4) is 0 Å². The van der Waals surface area contributed by atoms with E-state index in [0.29, 0.717) is 42.4 Å². The van der Waals surface area contributed by atoms with Crippen LogP contribution in [-0.2, 0) is 14.2 Å². The van der Waals surface area contributed by atoms with Gasteiger partial charge >= 0.3 is 23.9 Å². The lowest BCUT2D eigenvalue weighted by Crippen LogP contribution is -2.15. The molecule has 8 nitrogen and oxygen atoms in total. The molecule has 0 saturated heterocycles. The highest BCUT2D eigenvalue weighted by molar-refractivity contribution is 5.95. The molecule has 0 bridgehead atoms. The maximum Gasteiger partial charge on any atom is 0.338 e. The smallest absolute Gasteiger partial charge is 0.338 e. The topological polar surface area (TPSA) is 116 Å². The Kier molecular flexibility index (Phi) is 27.4. The molecule has 0 radical (unpaired) electrons. The summed E-state index contributed by atoms with van der Waals surface area (Å²) in [5.41, 5.74) is 1.20. The SMILES string of the molecule is CC(C)CCCCCCCOC(=O)c1cccc(C(=O)OCCCCCCCC(C)C)c1.CCCCCC(CCC)COC(=O)c1cccc(C(=O)O)c1. The zero-order chi connectivity index (χ0) is 40.0. The maximum absolute atomic E-state index is 12.3. The first-order valence-electron chi connectivity index (χ1n) is 20.9. The van der Waals surface area contributed by atoms with Crippen molar-refractivity contribution in [3.63, 3.8) is 0 Å². The van der Waals surface area contributed by atoms with Crippen LogP contribution in [0.1, 0.15) is 199 Å². The Balaban J connectivity index is 0.000000578. The van der Waals surface area contributed by atoms with E-state index in [1.165, 1.54) is 76.3 Å². The Hall–Kier alpha value is -3.68. The van der Waals surface area contributed by atoms with E-state index in [-0.39, 0.29) is 17.5 Å². The van der Waals surface area contributed by atoms with Crippen LogP contribution in [-0.4, -0.2) is 48.8 Å². The second-order valence-electron chi connectivity index (χ2n) is 15.4. The number of benzene rings is 2. The van der Waals surface area contributed by atoms with E-state index >= 15 is 0 Å². The quantitative estimate of drug-likeness (QED) is 0.0519. The molecule has 2 aromatic carbocycles. The van der Waals surface area contributed by atoms with E-state index in [4.69, 9.17) is 19.3 Å². The molecule has 0 fully saturated rings. The predicted molar refractivity (Wildman–Crippen MR) is 218 cm³/mol. The Morgan fingerprint density at radius 1 is 0.500 bits per heavy atom. The number of carboxylic acids is 1. The van der Waals surface area contributed by atoms with Crippen LogP contribution in [0.4, 0.5) is 0 Å². The highest BCUT2D eigenvalue weighted by atomic mass is 16.5. The van der Waals surface area contributed by atoms with Crippen LogP contribution in [0.3, 0.4) is 0 Å². The van der Waals surface area contributed by atoms with E-state index in [1.54, 1.807) is 36.4 Å². The molecule has 1 atom stereocenters. The van der Waals surface area contributed by atoms with Gasteiger partial charge in [0, 0.05) is 0 Å². The van der Waals surface area contributed by atoms with Crippen LogP contribution < -0.4 is 0 Å². The molecule has 2 aromatic rings. The molecule has 0 aliphatic rings. The maximum atomic E-state index is 12.3. The highest BCUT2D eigenvalue weighted by Gasteiger charge is 2.15. The number of hydrogen-bond donors (Lipinski definition) is 1. The molecule has 54 heavy (non-hydrogen) atoms. The van der Waals surface area contributed by atoms with Gasteiger partial charge in [-0.3, -0.25) is 0 Å². The van der Waals surface area contributed by atoms with Crippen molar-refractivity contribution in [2.45, 2.75) is 157 Å². The fraction of sp³-hybridized carbons (Fsp3) is 0.652. The minimum atomic E-state index is -1.04. The van der Waals surface area contributed by atoms with Crippen LogP contribution in [0.15, 0.2) is 48.5 Å². The van der Waals surface area contributed by atoms with Crippen molar-refractivity contribution < 1.29 is 38.5 Å². The first-order chi connectivity index (χ1) is 26.0. The van der Waals surface area contributed by atoms with Crippen LogP contribution in [0.2, 0.25) is 0 Å². The Bertz CT molecular complexity index is 1270. The number of unbranched alkanes of at least 4 members (excludes halogenated alkanes) is 10. The molecule has 0 aliphatic heterocycles. The summed E-state index contributed by atoms with van der Waals surface area (Å²) in [6.45, 7) is 14.6. The van der Waals surface area contributed by atoms with E-state index in [0.717, 1.165) is 63.2 Å². The second-order valence-corrected chi connectivity index (χ2v) is 15.4. The van der Waals surface area contributed by atoms with E-state index in [1.807, 2.05) is 0 Å². The Morgan fingerprint density at radius 3 is 1.35 bits per heavy atom. The summed E-state index contributed by atoms with van der Waals surface area (Å²) in [7, 11) is 0. The molecule has 0 aromatic heterocycles. The van der Waals surface area contributed by atoms with Gasteiger partial charge < -0.3 is 19.3 Å². The van der Waals surface area contributed by atoms with Crippen molar-refractivity contribution in [2.75, 3.05) is 19.8 Å². The Morgan fingerprint density at radius 2 is 0.907 bits per heavy atom.